The van der Waals surface area contributed by atoms with Crippen LogP contribution < -0.4 is 4.74 Å². The maximum Gasteiger partial charge on any atom is 0.188 e. The van der Waals surface area contributed by atoms with Gasteiger partial charge < -0.3 is 9.30 Å². The topological polar surface area (TPSA) is 36.9 Å². The largest absolute Gasteiger partial charge is 0.508 e. The summed E-state index contributed by atoms with van der Waals surface area (Å²) < 4.78 is 13.2. The number of hydrogen-bond acceptors (Lipinski definition) is 2. The van der Waals surface area contributed by atoms with Gasteiger partial charge in [0.1, 0.15) is 5.82 Å². The van der Waals surface area contributed by atoms with E-state index in [1.807, 2.05) is 12.3 Å². The van der Waals surface area contributed by atoms with Crippen LogP contribution in [0.15, 0.2) is 91.4 Å². The average molecular weight is 829 g/mol. The molecule has 0 unspecified atom stereocenters. The van der Waals surface area contributed by atoms with E-state index >= 15 is 0 Å². The maximum atomic E-state index is 6.68. The number of aryl methyl sites for hydroxylation is 1. The first-order valence-electron chi connectivity index (χ1n) is 16.8. The number of hydrogen-bond donors (Lipinski definition) is 0. The molecule has 0 aliphatic rings. The normalized spacial score (nSPS) is 12.5. The molecular formula is C43H45N4OPt-. The van der Waals surface area contributed by atoms with Crippen molar-refractivity contribution < 1.29 is 25.8 Å². The van der Waals surface area contributed by atoms with E-state index in [1.165, 1.54) is 22.1 Å². The van der Waals surface area contributed by atoms with Crippen molar-refractivity contribution in [3.05, 3.63) is 120 Å². The summed E-state index contributed by atoms with van der Waals surface area (Å²) in [5, 5.41) is 2.30. The van der Waals surface area contributed by atoms with Crippen molar-refractivity contribution in [1.29, 1.82) is 0 Å². The molecule has 0 aliphatic heterocycles. The summed E-state index contributed by atoms with van der Waals surface area (Å²) in [6.07, 6.45) is 4.02. The quantitative estimate of drug-likeness (QED) is 0.166. The second kappa shape index (κ2) is 12.3. The van der Waals surface area contributed by atoms with E-state index in [9.17, 15) is 0 Å². The minimum atomic E-state index is -0.0955. The molecule has 49 heavy (non-hydrogen) atoms. The average Bonchev–Trinajstić information content (AvgIpc) is 3.53. The molecule has 254 valence electrons. The minimum absolute atomic E-state index is 0. The summed E-state index contributed by atoms with van der Waals surface area (Å²) >= 11 is 0. The molecule has 0 bridgehead atoms. The molecule has 0 saturated heterocycles. The number of pyridine rings is 1. The van der Waals surface area contributed by atoms with Gasteiger partial charge in [0.05, 0.1) is 0 Å². The van der Waals surface area contributed by atoms with Crippen LogP contribution in [0.5, 0.6) is 11.5 Å². The van der Waals surface area contributed by atoms with E-state index in [0.717, 1.165) is 39.0 Å². The molecule has 6 heteroatoms. The molecule has 0 aliphatic carbocycles. The van der Waals surface area contributed by atoms with Crippen LogP contribution in [0, 0.1) is 12.1 Å². The van der Waals surface area contributed by atoms with Crippen molar-refractivity contribution in [2.75, 3.05) is 0 Å². The summed E-state index contributed by atoms with van der Waals surface area (Å²) in [4.78, 5) is 4.88. The van der Waals surface area contributed by atoms with Crippen LogP contribution in [0.25, 0.3) is 44.3 Å². The van der Waals surface area contributed by atoms with Crippen molar-refractivity contribution >= 4 is 32.8 Å². The summed E-state index contributed by atoms with van der Waals surface area (Å²) in [5.74, 6) is 2.15. The van der Waals surface area contributed by atoms with E-state index in [1.54, 1.807) is 0 Å². The molecule has 3 heterocycles. The standard InChI is InChI=1S/C43H45N4O.Pt/c1-41(2,3)28-15-18-36-35(23-28)34-17-16-32(26-39(34)47(36)40-24-29(19-20-44-40)42(4,5)6)48-33-22-30(43(7,8)9)21-31(25-33)46-27-45(10)37-13-11-12-14-38(37)46;/h11-24,27H,1-10H3;/q-1;. The number of fused-ring (bicyclic) bond motifs is 4. The Balaban J connectivity index is 0.00000417. The van der Waals surface area contributed by atoms with Crippen molar-refractivity contribution in [3.63, 3.8) is 0 Å². The van der Waals surface area contributed by atoms with Gasteiger partial charge in [-0.2, -0.15) is 6.07 Å². The molecule has 5 nitrogen and oxygen atoms in total. The van der Waals surface area contributed by atoms with Gasteiger partial charge in [-0.25, -0.2) is 14.1 Å². The smallest absolute Gasteiger partial charge is 0.188 e. The zero-order valence-corrected chi connectivity index (χ0v) is 32.4. The molecule has 0 atom stereocenters. The van der Waals surface area contributed by atoms with Gasteiger partial charge in [-0.3, -0.25) is 0 Å². The van der Waals surface area contributed by atoms with Crippen molar-refractivity contribution in [1.82, 2.24) is 18.7 Å². The van der Waals surface area contributed by atoms with Crippen molar-refractivity contribution in [3.8, 4) is 23.0 Å². The maximum absolute atomic E-state index is 6.68. The number of nitrogens with zero attached hydrogens (tertiary/aromatic N) is 4. The summed E-state index contributed by atoms with van der Waals surface area (Å²) in [7, 11) is 2.07. The third-order valence-electron chi connectivity index (χ3n) is 9.34. The zero-order chi connectivity index (χ0) is 34.2. The SMILES string of the molecule is Cn1[cH+]n(-c2[c-]c(Oc3[c-]c4c(cc3)c3cc(C(C)(C)C)ccc3n4-c3cc(C(C)(C)C)ccn3)cc(C(C)(C)C)c2)c2ccccc21.[Pt]. The molecule has 0 N–H and O–H groups in total. The van der Waals surface area contributed by atoms with Gasteiger partial charge in [-0.15, -0.1) is 29.1 Å². The molecule has 0 amide bonds. The summed E-state index contributed by atoms with van der Waals surface area (Å²) in [5.41, 5.74) is 8.83. The number of benzene rings is 4. The zero-order valence-electron chi connectivity index (χ0n) is 30.2. The van der Waals surface area contributed by atoms with E-state index in [0.29, 0.717) is 11.5 Å². The van der Waals surface area contributed by atoms with Gasteiger partial charge >= 0.3 is 0 Å². The van der Waals surface area contributed by atoms with Crippen LogP contribution in [0.1, 0.15) is 79.0 Å². The fourth-order valence-electron chi connectivity index (χ4n) is 6.42. The number of ether oxygens (including phenoxy) is 1. The molecule has 4 aromatic carbocycles. The number of imidazole rings is 1. The Kier molecular flexibility index (Phi) is 8.68. The molecular weight excluding hydrogens is 784 g/mol. The van der Waals surface area contributed by atoms with Crippen LogP contribution in [-0.4, -0.2) is 18.7 Å². The predicted octanol–water partition coefficient (Wildman–Crippen LogP) is 11.0. The van der Waals surface area contributed by atoms with Gasteiger partial charge in [-0.1, -0.05) is 92.1 Å². The second-order valence-electron chi connectivity index (χ2n) is 16.1. The molecule has 0 saturated carbocycles. The number of aromatic nitrogens is 4. The van der Waals surface area contributed by atoms with E-state index in [2.05, 4.69) is 174 Å². The molecule has 7 aromatic rings. The molecule has 0 spiro atoms. The van der Waals surface area contributed by atoms with Crippen molar-refractivity contribution in [2.45, 2.75) is 78.6 Å². The van der Waals surface area contributed by atoms with Gasteiger partial charge in [-0.05, 0) is 63.1 Å². The number of rotatable bonds is 4. The van der Waals surface area contributed by atoms with E-state index in [-0.39, 0.29) is 37.3 Å². The first kappa shape index (κ1) is 34.6. The predicted molar refractivity (Wildman–Crippen MR) is 199 cm³/mol. The fraction of sp³-hybridized carbons (Fsp3) is 0.302. The second-order valence-corrected chi connectivity index (χ2v) is 16.1. The Morgan fingerprint density at radius 3 is 2.00 bits per heavy atom. The Labute approximate surface area is 304 Å². The fourth-order valence-corrected chi connectivity index (χ4v) is 6.42. The summed E-state index contributed by atoms with van der Waals surface area (Å²) in [6, 6.07) is 35.3. The van der Waals surface area contributed by atoms with Crippen molar-refractivity contribution in [2.24, 2.45) is 7.05 Å². The Hall–Kier alpha value is -4.21. The first-order chi connectivity index (χ1) is 22.6. The van der Waals surface area contributed by atoms with E-state index in [4.69, 9.17) is 9.72 Å². The number of para-hydroxylation sites is 2. The molecule has 0 fully saturated rings. The Morgan fingerprint density at radius 2 is 1.31 bits per heavy atom. The summed E-state index contributed by atoms with van der Waals surface area (Å²) in [6.45, 7) is 20.2. The van der Waals surface area contributed by atoms with Gasteiger partial charge in [0, 0.05) is 69.1 Å². The molecule has 0 radical (unpaired) electrons. The molecule has 3 aromatic heterocycles. The van der Waals surface area contributed by atoms with Crippen LogP contribution in [0.3, 0.4) is 0 Å². The van der Waals surface area contributed by atoms with Crippen LogP contribution in [-0.2, 0) is 44.4 Å². The van der Waals surface area contributed by atoms with Gasteiger partial charge in [0.15, 0.2) is 17.4 Å². The van der Waals surface area contributed by atoms with Crippen LogP contribution in [0.4, 0.5) is 0 Å². The van der Waals surface area contributed by atoms with E-state index < -0.39 is 0 Å². The van der Waals surface area contributed by atoms with Gasteiger partial charge in [0.25, 0.3) is 0 Å². The Morgan fingerprint density at radius 1 is 0.633 bits per heavy atom. The van der Waals surface area contributed by atoms with Gasteiger partial charge in [0.2, 0.25) is 0 Å². The third-order valence-corrected chi connectivity index (χ3v) is 9.34. The van der Waals surface area contributed by atoms with Crippen LogP contribution >= 0.6 is 0 Å². The monoisotopic (exact) mass is 828 g/mol. The van der Waals surface area contributed by atoms with Crippen LogP contribution in [0.2, 0.25) is 0 Å². The molecule has 7 rings (SSSR count). The first-order valence-corrected chi connectivity index (χ1v) is 16.8. The Bertz CT molecular complexity index is 2340. The minimum Gasteiger partial charge on any atom is -0.508 e. The third kappa shape index (κ3) is 6.46.